The van der Waals surface area contributed by atoms with Gasteiger partial charge in [-0.2, -0.15) is 5.26 Å². The number of carbonyl (C=O) groups excluding carboxylic acids is 1. The molecule has 0 aliphatic heterocycles. The molecule has 4 heteroatoms. The molecule has 0 bridgehead atoms. The summed E-state index contributed by atoms with van der Waals surface area (Å²) >= 11 is 3.36. The molecular formula is C11H11BrN2O. The van der Waals surface area contributed by atoms with E-state index in [9.17, 15) is 4.79 Å². The summed E-state index contributed by atoms with van der Waals surface area (Å²) < 4.78 is 0.972. The topological polar surface area (TPSA) is 44.1 Å². The summed E-state index contributed by atoms with van der Waals surface area (Å²) in [4.78, 5) is 13.1. The summed E-state index contributed by atoms with van der Waals surface area (Å²) in [7, 11) is 1.83. The Morgan fingerprint density at radius 2 is 2.33 bits per heavy atom. The SMILES string of the molecule is CN(CC(=O)CC#N)c1cccc(Br)c1. The number of Topliss-reactive ketones (excluding diaryl/α,β-unsaturated/α-hetero) is 1. The van der Waals surface area contributed by atoms with Gasteiger partial charge in [0.1, 0.15) is 0 Å². The Labute approximate surface area is 97.4 Å². The molecule has 0 spiro atoms. The number of anilines is 1. The van der Waals surface area contributed by atoms with E-state index in [0.717, 1.165) is 10.2 Å². The third-order valence-corrected chi connectivity index (χ3v) is 2.43. The molecule has 0 saturated carbocycles. The quantitative estimate of drug-likeness (QED) is 0.841. The van der Waals surface area contributed by atoms with Crippen LogP contribution in [-0.4, -0.2) is 19.4 Å². The first-order chi connectivity index (χ1) is 7.13. The van der Waals surface area contributed by atoms with Crippen LogP contribution in [0.2, 0.25) is 0 Å². The van der Waals surface area contributed by atoms with Crippen molar-refractivity contribution in [1.29, 1.82) is 5.26 Å². The molecule has 0 saturated heterocycles. The lowest BCUT2D eigenvalue weighted by Gasteiger charge is -2.17. The van der Waals surface area contributed by atoms with Crippen LogP contribution >= 0.6 is 15.9 Å². The summed E-state index contributed by atoms with van der Waals surface area (Å²) in [6, 6.07) is 9.53. The fraction of sp³-hybridized carbons (Fsp3) is 0.273. The molecule has 0 amide bonds. The Morgan fingerprint density at radius 3 is 2.93 bits per heavy atom. The van der Waals surface area contributed by atoms with Gasteiger partial charge in [-0.15, -0.1) is 0 Å². The van der Waals surface area contributed by atoms with Gasteiger partial charge in [0, 0.05) is 17.2 Å². The van der Waals surface area contributed by atoms with E-state index in [0.29, 0.717) is 0 Å². The van der Waals surface area contributed by atoms with E-state index in [1.54, 1.807) is 0 Å². The van der Waals surface area contributed by atoms with Crippen molar-refractivity contribution in [3.05, 3.63) is 28.7 Å². The molecular weight excluding hydrogens is 256 g/mol. The molecule has 0 heterocycles. The second-order valence-corrected chi connectivity index (χ2v) is 4.13. The summed E-state index contributed by atoms with van der Waals surface area (Å²) in [6.07, 6.45) is -0.0294. The van der Waals surface area contributed by atoms with Crippen molar-refractivity contribution in [3.8, 4) is 6.07 Å². The molecule has 0 fully saturated rings. The van der Waals surface area contributed by atoms with Crippen molar-refractivity contribution in [2.45, 2.75) is 6.42 Å². The Hall–Kier alpha value is -1.34. The molecule has 0 aromatic heterocycles. The highest BCUT2D eigenvalue weighted by molar-refractivity contribution is 9.10. The highest BCUT2D eigenvalue weighted by atomic mass is 79.9. The molecule has 0 radical (unpaired) electrons. The van der Waals surface area contributed by atoms with Gasteiger partial charge in [-0.25, -0.2) is 0 Å². The molecule has 0 aliphatic rings. The summed E-state index contributed by atoms with van der Waals surface area (Å²) in [6.45, 7) is 0.268. The first-order valence-electron chi connectivity index (χ1n) is 4.49. The number of halogens is 1. The Balaban J connectivity index is 2.65. The van der Waals surface area contributed by atoms with Crippen molar-refractivity contribution >= 4 is 27.4 Å². The lowest BCUT2D eigenvalue weighted by atomic mass is 10.2. The minimum atomic E-state index is -0.0695. The third kappa shape index (κ3) is 3.72. The van der Waals surface area contributed by atoms with Crippen molar-refractivity contribution in [3.63, 3.8) is 0 Å². The van der Waals surface area contributed by atoms with Crippen LogP contribution in [0.5, 0.6) is 0 Å². The van der Waals surface area contributed by atoms with Crippen LogP contribution in [0.3, 0.4) is 0 Å². The molecule has 0 atom stereocenters. The first-order valence-corrected chi connectivity index (χ1v) is 5.28. The average molecular weight is 267 g/mol. The number of likely N-dealkylation sites (N-methyl/N-ethyl adjacent to an activating group) is 1. The zero-order valence-electron chi connectivity index (χ0n) is 8.40. The van der Waals surface area contributed by atoms with Crippen LogP contribution in [0, 0.1) is 11.3 Å². The number of hydrogen-bond acceptors (Lipinski definition) is 3. The standard InChI is InChI=1S/C11H11BrN2O/c1-14(8-11(15)5-6-13)10-4-2-3-9(12)7-10/h2-4,7H,5,8H2,1H3. The van der Waals surface area contributed by atoms with Crippen LogP contribution in [0.25, 0.3) is 0 Å². The smallest absolute Gasteiger partial charge is 0.166 e. The number of carbonyl (C=O) groups is 1. The third-order valence-electron chi connectivity index (χ3n) is 1.94. The second kappa shape index (κ2) is 5.52. The predicted molar refractivity (Wildman–Crippen MR) is 62.6 cm³/mol. The van der Waals surface area contributed by atoms with Gasteiger partial charge < -0.3 is 4.90 Å². The van der Waals surface area contributed by atoms with Crippen LogP contribution in [0.1, 0.15) is 6.42 Å². The Morgan fingerprint density at radius 1 is 1.60 bits per heavy atom. The van der Waals surface area contributed by atoms with E-state index in [4.69, 9.17) is 5.26 Å². The number of nitrogens with zero attached hydrogens (tertiary/aromatic N) is 2. The summed E-state index contributed by atoms with van der Waals surface area (Å²) in [5.74, 6) is -0.0695. The van der Waals surface area contributed by atoms with Crippen LogP contribution in [0.4, 0.5) is 5.69 Å². The van der Waals surface area contributed by atoms with Crippen molar-refractivity contribution in [2.24, 2.45) is 0 Å². The molecule has 0 unspecified atom stereocenters. The fourth-order valence-electron chi connectivity index (χ4n) is 1.21. The molecule has 15 heavy (non-hydrogen) atoms. The fourth-order valence-corrected chi connectivity index (χ4v) is 1.60. The number of hydrogen-bond donors (Lipinski definition) is 0. The summed E-state index contributed by atoms with van der Waals surface area (Å²) in [5, 5.41) is 8.37. The molecule has 1 aromatic rings. The lowest BCUT2D eigenvalue weighted by Crippen LogP contribution is -2.25. The van der Waals surface area contributed by atoms with E-state index in [1.165, 1.54) is 0 Å². The van der Waals surface area contributed by atoms with Crippen LogP contribution in [0.15, 0.2) is 28.7 Å². The van der Waals surface area contributed by atoms with Gasteiger partial charge in [-0.05, 0) is 18.2 Å². The molecule has 0 N–H and O–H groups in total. The van der Waals surface area contributed by atoms with Gasteiger partial charge in [0.25, 0.3) is 0 Å². The van der Waals surface area contributed by atoms with E-state index >= 15 is 0 Å². The van der Waals surface area contributed by atoms with Gasteiger partial charge in [-0.3, -0.25) is 4.79 Å². The van der Waals surface area contributed by atoms with Crippen LogP contribution < -0.4 is 4.90 Å². The number of nitriles is 1. The minimum absolute atomic E-state index is 0.0294. The van der Waals surface area contributed by atoms with Gasteiger partial charge in [0.05, 0.1) is 19.0 Å². The maximum atomic E-state index is 11.2. The Kier molecular flexibility index (Phi) is 4.32. The molecule has 3 nitrogen and oxygen atoms in total. The van der Waals surface area contributed by atoms with Crippen molar-refractivity contribution < 1.29 is 4.79 Å². The van der Waals surface area contributed by atoms with E-state index in [2.05, 4.69) is 15.9 Å². The van der Waals surface area contributed by atoms with Crippen LogP contribution in [-0.2, 0) is 4.79 Å². The van der Waals surface area contributed by atoms with E-state index < -0.39 is 0 Å². The minimum Gasteiger partial charge on any atom is -0.367 e. The Bertz CT molecular complexity index is 398. The highest BCUT2D eigenvalue weighted by Gasteiger charge is 2.06. The zero-order chi connectivity index (χ0) is 11.3. The predicted octanol–water partition coefficient (Wildman–Crippen LogP) is 2.37. The lowest BCUT2D eigenvalue weighted by molar-refractivity contribution is -0.116. The molecule has 0 aliphatic carbocycles. The monoisotopic (exact) mass is 266 g/mol. The second-order valence-electron chi connectivity index (χ2n) is 3.21. The van der Waals surface area contributed by atoms with E-state index in [1.807, 2.05) is 42.3 Å². The average Bonchev–Trinajstić information content (AvgIpc) is 2.18. The summed E-state index contributed by atoms with van der Waals surface area (Å²) in [5.41, 5.74) is 0.954. The van der Waals surface area contributed by atoms with Gasteiger partial charge >= 0.3 is 0 Å². The normalized spacial score (nSPS) is 9.40. The van der Waals surface area contributed by atoms with Crippen molar-refractivity contribution in [2.75, 3.05) is 18.5 Å². The first kappa shape index (κ1) is 11.7. The maximum absolute atomic E-state index is 11.2. The largest absolute Gasteiger partial charge is 0.367 e. The molecule has 1 rings (SSSR count). The molecule has 1 aromatic carbocycles. The van der Waals surface area contributed by atoms with Crippen molar-refractivity contribution in [1.82, 2.24) is 0 Å². The van der Waals surface area contributed by atoms with Gasteiger partial charge in [0.15, 0.2) is 5.78 Å². The molecule has 78 valence electrons. The zero-order valence-corrected chi connectivity index (χ0v) is 9.99. The van der Waals surface area contributed by atoms with Gasteiger partial charge in [-0.1, -0.05) is 22.0 Å². The maximum Gasteiger partial charge on any atom is 0.166 e. The van der Waals surface area contributed by atoms with E-state index in [-0.39, 0.29) is 18.7 Å². The van der Waals surface area contributed by atoms with Gasteiger partial charge in [0.2, 0.25) is 0 Å². The highest BCUT2D eigenvalue weighted by Crippen LogP contribution is 2.18. The number of ketones is 1. The number of benzene rings is 1. The number of rotatable bonds is 4.